The van der Waals surface area contributed by atoms with Gasteiger partial charge in [-0.2, -0.15) is 0 Å². The molecule has 1 heterocycles. The highest BCUT2D eigenvalue weighted by Gasteiger charge is 2.53. The first-order chi connectivity index (χ1) is 12.8. The highest BCUT2D eigenvalue weighted by atomic mass is 16.6. The molecule has 27 heavy (non-hydrogen) atoms. The van der Waals surface area contributed by atoms with Crippen LogP contribution in [0.25, 0.3) is 10.9 Å². The summed E-state index contributed by atoms with van der Waals surface area (Å²) in [5, 5.41) is 18.9. The smallest absolute Gasteiger partial charge is 0.333 e. The molecule has 0 saturated heterocycles. The van der Waals surface area contributed by atoms with E-state index >= 15 is 0 Å². The lowest BCUT2D eigenvalue weighted by molar-refractivity contribution is -0.182. The number of carbonyl (C=O) groups excluding carboxylic acids is 1. The number of rotatable bonds is 2. The molecule has 0 radical (unpaired) electrons. The van der Waals surface area contributed by atoms with Crippen molar-refractivity contribution in [1.29, 1.82) is 0 Å². The van der Waals surface area contributed by atoms with Crippen molar-refractivity contribution in [2.24, 2.45) is 17.8 Å². The molecular weight excluding hydrogens is 342 g/mol. The predicted octanol–water partition coefficient (Wildman–Crippen LogP) is 4.65. The molecule has 4 bridgehead atoms. The van der Waals surface area contributed by atoms with Crippen LogP contribution in [0.3, 0.4) is 0 Å². The molecule has 4 fully saturated rings. The first-order valence-electron chi connectivity index (χ1n) is 9.71. The second kappa shape index (κ2) is 6.63. The molecule has 5 nitrogen and oxygen atoms in total. The number of H-pyrrole nitrogens is 1. The van der Waals surface area contributed by atoms with Crippen LogP contribution in [-0.2, 0) is 9.53 Å². The highest BCUT2D eigenvalue weighted by Crippen LogP contribution is 2.57. The Morgan fingerprint density at radius 1 is 1.15 bits per heavy atom. The minimum Gasteiger partial charge on any atom is -0.508 e. The number of fused-ring (bicyclic) bond motifs is 1. The minimum atomic E-state index is -0.179. The maximum absolute atomic E-state index is 11.7. The molecule has 4 saturated carbocycles. The van der Waals surface area contributed by atoms with Gasteiger partial charge in [0.25, 0.3) is 0 Å². The molecule has 1 aromatic heterocycles. The summed E-state index contributed by atoms with van der Waals surface area (Å²) in [5.41, 5.74) is 1.25. The van der Waals surface area contributed by atoms with E-state index in [9.17, 15) is 9.90 Å². The number of aromatic amines is 1. The number of aromatic nitrogens is 1. The van der Waals surface area contributed by atoms with Gasteiger partial charge in [-0.1, -0.05) is 6.58 Å². The van der Waals surface area contributed by atoms with E-state index in [1.807, 2.05) is 0 Å². The van der Waals surface area contributed by atoms with Gasteiger partial charge in [0.2, 0.25) is 0 Å². The van der Waals surface area contributed by atoms with E-state index in [0.717, 1.165) is 42.5 Å². The summed E-state index contributed by atoms with van der Waals surface area (Å²) in [6, 6.07) is 4.80. The largest absolute Gasteiger partial charge is 0.508 e. The number of phenolic OH excluding ortho intramolecular Hbond substituents is 1. The normalized spacial score (nSPS) is 30.6. The molecule has 4 aliphatic rings. The predicted molar refractivity (Wildman–Crippen MR) is 103 cm³/mol. The second-order valence-corrected chi connectivity index (χ2v) is 8.67. The average molecular weight is 369 g/mol. The third-order valence-electron chi connectivity index (χ3n) is 6.28. The summed E-state index contributed by atoms with van der Waals surface area (Å²) in [7, 11) is 0. The Labute approximate surface area is 159 Å². The van der Waals surface area contributed by atoms with Crippen LogP contribution in [-0.4, -0.2) is 26.8 Å². The van der Waals surface area contributed by atoms with E-state index in [1.165, 1.54) is 31.5 Å². The quantitative estimate of drug-likeness (QED) is 0.531. The molecule has 0 amide bonds. The van der Waals surface area contributed by atoms with Gasteiger partial charge in [-0.3, -0.25) is 0 Å². The van der Waals surface area contributed by atoms with Crippen molar-refractivity contribution in [2.75, 3.05) is 0 Å². The Hall–Kier alpha value is -2.43. The van der Waals surface area contributed by atoms with E-state index in [-0.39, 0.29) is 23.1 Å². The number of benzene rings is 1. The summed E-state index contributed by atoms with van der Waals surface area (Å²) in [5.74, 6) is 2.61. The zero-order valence-electron chi connectivity index (χ0n) is 15.7. The summed E-state index contributed by atoms with van der Waals surface area (Å²) in [6.45, 7) is 5.42. The van der Waals surface area contributed by atoms with Gasteiger partial charge in [0.1, 0.15) is 17.1 Å². The van der Waals surface area contributed by atoms with E-state index in [0.29, 0.717) is 11.0 Å². The molecule has 0 spiro atoms. The average Bonchev–Trinajstić information content (AvgIpc) is 2.94. The SMILES string of the molecule is C=C(C)C(=O)OC12CC3CC(CC(C3)C1)C2.Oc1ccc2[nH]cc(O)c2c1. The van der Waals surface area contributed by atoms with Crippen molar-refractivity contribution < 1.29 is 19.7 Å². The van der Waals surface area contributed by atoms with E-state index < -0.39 is 0 Å². The van der Waals surface area contributed by atoms with Gasteiger partial charge in [0.05, 0.1) is 0 Å². The van der Waals surface area contributed by atoms with Crippen LogP contribution in [0.2, 0.25) is 0 Å². The lowest BCUT2D eigenvalue weighted by atomic mass is 9.54. The molecule has 5 heteroatoms. The summed E-state index contributed by atoms with van der Waals surface area (Å²) in [6.07, 6.45) is 8.95. The van der Waals surface area contributed by atoms with Gasteiger partial charge in [0.15, 0.2) is 0 Å². The molecule has 3 N–H and O–H groups in total. The van der Waals surface area contributed by atoms with Crippen molar-refractivity contribution in [3.63, 3.8) is 0 Å². The first-order valence-corrected chi connectivity index (χ1v) is 9.71. The number of ether oxygens (including phenoxy) is 1. The van der Waals surface area contributed by atoms with Gasteiger partial charge in [0, 0.05) is 22.7 Å². The Morgan fingerprint density at radius 2 is 1.74 bits per heavy atom. The van der Waals surface area contributed by atoms with Gasteiger partial charge in [-0.25, -0.2) is 4.79 Å². The molecular formula is C22H27NO4. The van der Waals surface area contributed by atoms with E-state index in [1.54, 1.807) is 19.1 Å². The third kappa shape index (κ3) is 3.55. The van der Waals surface area contributed by atoms with Crippen molar-refractivity contribution in [2.45, 2.75) is 51.0 Å². The summed E-state index contributed by atoms with van der Waals surface area (Å²) < 4.78 is 5.77. The number of nitrogens with one attached hydrogen (secondary N) is 1. The van der Waals surface area contributed by atoms with Crippen molar-refractivity contribution in [3.8, 4) is 11.5 Å². The molecule has 0 unspecified atom stereocenters. The molecule has 2 aromatic rings. The molecule has 1 aromatic carbocycles. The number of carbonyl (C=O) groups is 1. The number of esters is 1. The van der Waals surface area contributed by atoms with Crippen LogP contribution < -0.4 is 0 Å². The van der Waals surface area contributed by atoms with Crippen molar-refractivity contribution in [1.82, 2.24) is 4.98 Å². The third-order valence-corrected chi connectivity index (χ3v) is 6.28. The summed E-state index contributed by atoms with van der Waals surface area (Å²) in [4.78, 5) is 14.6. The van der Waals surface area contributed by atoms with Crippen LogP contribution in [0.5, 0.6) is 11.5 Å². The monoisotopic (exact) mass is 369 g/mol. The van der Waals surface area contributed by atoms with Crippen molar-refractivity contribution >= 4 is 16.9 Å². The Kier molecular flexibility index (Phi) is 4.41. The first kappa shape index (κ1) is 18.0. The molecule has 0 atom stereocenters. The van der Waals surface area contributed by atoms with Gasteiger partial charge in [-0.05, 0) is 81.4 Å². The van der Waals surface area contributed by atoms with Gasteiger partial charge in [-0.15, -0.1) is 0 Å². The number of hydrogen-bond donors (Lipinski definition) is 3. The lowest BCUT2D eigenvalue weighted by Crippen LogP contribution is -2.52. The highest BCUT2D eigenvalue weighted by molar-refractivity contribution is 5.87. The maximum atomic E-state index is 11.7. The molecule has 6 rings (SSSR count). The topological polar surface area (TPSA) is 82.5 Å². The Morgan fingerprint density at radius 3 is 2.30 bits per heavy atom. The number of aromatic hydroxyl groups is 2. The fourth-order valence-electron chi connectivity index (χ4n) is 5.53. The van der Waals surface area contributed by atoms with Crippen LogP contribution in [0.15, 0.2) is 36.5 Å². The molecule has 4 aliphatic carbocycles. The Bertz CT molecular complexity index is 846. The summed E-state index contributed by atoms with van der Waals surface area (Å²) >= 11 is 0. The molecule has 0 aliphatic heterocycles. The van der Waals surface area contributed by atoms with Gasteiger partial charge < -0.3 is 19.9 Å². The van der Waals surface area contributed by atoms with E-state index in [2.05, 4.69) is 11.6 Å². The van der Waals surface area contributed by atoms with Crippen LogP contribution in [0.4, 0.5) is 0 Å². The number of phenols is 1. The minimum absolute atomic E-state index is 0.106. The number of hydrogen-bond acceptors (Lipinski definition) is 4. The maximum Gasteiger partial charge on any atom is 0.333 e. The zero-order chi connectivity index (χ0) is 19.2. The van der Waals surface area contributed by atoms with E-state index in [4.69, 9.17) is 9.84 Å². The van der Waals surface area contributed by atoms with Crippen LogP contribution in [0.1, 0.15) is 45.4 Å². The zero-order valence-corrected chi connectivity index (χ0v) is 15.7. The van der Waals surface area contributed by atoms with Crippen molar-refractivity contribution in [3.05, 3.63) is 36.5 Å². The fraction of sp³-hybridized carbons (Fsp3) is 0.500. The lowest BCUT2D eigenvalue weighted by Gasteiger charge is -2.55. The standard InChI is InChI=1S/C14H20O2.C8H7NO2/c1-9(2)13(15)16-14-6-10-3-11(7-14)5-12(4-10)8-14;10-5-1-2-7-6(3-5)8(11)4-9-7/h10-12H,1,3-8H2,2H3;1-4,9-11H. The van der Waals surface area contributed by atoms with Crippen LogP contribution >= 0.6 is 0 Å². The Balaban J connectivity index is 0.000000143. The van der Waals surface area contributed by atoms with Gasteiger partial charge >= 0.3 is 5.97 Å². The fourth-order valence-corrected chi connectivity index (χ4v) is 5.53. The second-order valence-electron chi connectivity index (χ2n) is 8.67. The molecule has 144 valence electrons. The van der Waals surface area contributed by atoms with Crippen LogP contribution in [0, 0.1) is 17.8 Å².